The maximum atomic E-state index is 12.7. The Kier molecular flexibility index (Phi) is 3.91. The van der Waals surface area contributed by atoms with Gasteiger partial charge in [-0.25, -0.2) is 0 Å². The number of benzene rings is 1. The average Bonchev–Trinajstić information content (AvgIpc) is 2.01. The Morgan fingerprint density at radius 2 is 2.00 bits per heavy atom. The molecule has 0 amide bonds. The predicted molar refractivity (Wildman–Crippen MR) is 58.0 cm³/mol. The molecule has 6 heteroatoms. The molecule has 1 atom stereocenters. The van der Waals surface area contributed by atoms with E-state index in [0.29, 0.717) is 9.50 Å². The van der Waals surface area contributed by atoms with Gasteiger partial charge in [-0.1, -0.05) is 33.6 Å². The summed E-state index contributed by atoms with van der Waals surface area (Å²) in [6.07, 6.45) is -1.91. The van der Waals surface area contributed by atoms with E-state index < -0.39 is 10.9 Å². The van der Waals surface area contributed by atoms with Crippen molar-refractivity contribution in [2.45, 2.75) is 10.9 Å². The van der Waals surface area contributed by atoms with Gasteiger partial charge in [-0.3, -0.25) is 0 Å². The summed E-state index contributed by atoms with van der Waals surface area (Å²) in [5, 5.41) is 9.67. The SMILES string of the molecule is OC(c1ccc(Cl)cc1Br)C(F)(F)Br. The number of halogens is 5. The van der Waals surface area contributed by atoms with Crippen LogP contribution in [0.25, 0.3) is 0 Å². The van der Waals surface area contributed by atoms with Gasteiger partial charge in [0, 0.05) is 15.1 Å². The molecule has 0 heterocycles. The minimum Gasteiger partial charge on any atom is -0.381 e. The summed E-state index contributed by atoms with van der Waals surface area (Å²) in [7, 11) is 0. The second-order valence-corrected chi connectivity index (χ2v) is 4.96. The van der Waals surface area contributed by atoms with Crippen LogP contribution in [0, 0.1) is 0 Å². The molecule has 0 fully saturated rings. The van der Waals surface area contributed by atoms with Gasteiger partial charge in [0.2, 0.25) is 0 Å². The number of rotatable bonds is 2. The summed E-state index contributed by atoms with van der Waals surface area (Å²) in [5.74, 6) is 0. The van der Waals surface area contributed by atoms with Gasteiger partial charge in [0.15, 0.2) is 6.10 Å². The highest BCUT2D eigenvalue weighted by Crippen LogP contribution is 2.39. The van der Waals surface area contributed by atoms with E-state index in [9.17, 15) is 13.9 Å². The van der Waals surface area contributed by atoms with Crippen LogP contribution in [0.1, 0.15) is 11.7 Å². The van der Waals surface area contributed by atoms with Gasteiger partial charge in [-0.2, -0.15) is 8.78 Å². The Labute approximate surface area is 101 Å². The molecule has 1 unspecified atom stereocenters. The highest BCUT2D eigenvalue weighted by atomic mass is 79.9. The van der Waals surface area contributed by atoms with Gasteiger partial charge in [-0.05, 0) is 28.1 Å². The van der Waals surface area contributed by atoms with Crippen molar-refractivity contribution in [2.75, 3.05) is 0 Å². The van der Waals surface area contributed by atoms with E-state index in [4.69, 9.17) is 11.6 Å². The van der Waals surface area contributed by atoms with Crippen LogP contribution in [0.15, 0.2) is 22.7 Å². The lowest BCUT2D eigenvalue weighted by molar-refractivity contribution is -0.0298. The molecular formula is C8H5Br2ClF2O. The third-order valence-electron chi connectivity index (χ3n) is 1.57. The standard InChI is InChI=1S/C8H5Br2ClF2O/c9-6-3-4(11)1-2-5(6)7(14)8(10,12)13/h1-3,7,14H. The minimum absolute atomic E-state index is 0.0799. The van der Waals surface area contributed by atoms with E-state index in [2.05, 4.69) is 31.9 Å². The number of aliphatic hydroxyl groups excluding tert-OH is 1. The highest BCUT2D eigenvalue weighted by molar-refractivity contribution is 9.10. The number of hydrogen-bond acceptors (Lipinski definition) is 1. The Bertz CT molecular complexity index is 341. The quantitative estimate of drug-likeness (QED) is 0.796. The second kappa shape index (κ2) is 4.43. The van der Waals surface area contributed by atoms with Gasteiger partial charge in [0.25, 0.3) is 0 Å². The van der Waals surface area contributed by atoms with Crippen LogP contribution in [0.4, 0.5) is 8.78 Å². The van der Waals surface area contributed by atoms with E-state index >= 15 is 0 Å². The summed E-state index contributed by atoms with van der Waals surface area (Å²) in [5.41, 5.74) is 0.0799. The summed E-state index contributed by atoms with van der Waals surface area (Å²) in [6.45, 7) is 0. The van der Waals surface area contributed by atoms with Crippen LogP contribution in [0.3, 0.4) is 0 Å². The monoisotopic (exact) mass is 348 g/mol. The first kappa shape index (κ1) is 12.4. The molecule has 0 aliphatic rings. The molecule has 0 radical (unpaired) electrons. The molecule has 1 nitrogen and oxygen atoms in total. The van der Waals surface area contributed by atoms with Gasteiger partial charge in [-0.15, -0.1) is 0 Å². The molecule has 1 N–H and O–H groups in total. The van der Waals surface area contributed by atoms with Crippen molar-refractivity contribution in [1.29, 1.82) is 0 Å². The number of hydrogen-bond donors (Lipinski definition) is 1. The van der Waals surface area contributed by atoms with Gasteiger partial charge in [0.1, 0.15) is 0 Å². The van der Waals surface area contributed by atoms with Gasteiger partial charge < -0.3 is 5.11 Å². The summed E-state index contributed by atoms with van der Waals surface area (Å²) < 4.78 is 25.7. The topological polar surface area (TPSA) is 20.2 Å². The number of aliphatic hydroxyl groups is 1. The maximum Gasteiger partial charge on any atom is 0.330 e. The van der Waals surface area contributed by atoms with Crippen molar-refractivity contribution >= 4 is 43.5 Å². The van der Waals surface area contributed by atoms with Crippen molar-refractivity contribution in [2.24, 2.45) is 0 Å². The Morgan fingerprint density at radius 3 is 2.43 bits per heavy atom. The summed E-state index contributed by atoms with van der Waals surface area (Å²) in [6, 6.07) is 4.22. The first-order chi connectivity index (χ1) is 6.32. The van der Waals surface area contributed by atoms with Crippen LogP contribution < -0.4 is 0 Å². The van der Waals surface area contributed by atoms with Gasteiger partial charge in [0.05, 0.1) is 0 Å². The first-order valence-corrected chi connectivity index (χ1v) is 5.48. The molecular weight excluding hydrogens is 345 g/mol. The fraction of sp³-hybridized carbons (Fsp3) is 0.250. The normalized spacial score (nSPS) is 14.1. The molecule has 0 bridgehead atoms. The molecule has 0 saturated carbocycles. The third kappa shape index (κ3) is 2.89. The average molecular weight is 350 g/mol. The zero-order valence-electron chi connectivity index (χ0n) is 6.65. The maximum absolute atomic E-state index is 12.7. The largest absolute Gasteiger partial charge is 0.381 e. The van der Waals surface area contributed by atoms with E-state index in [1.54, 1.807) is 0 Å². The molecule has 0 aliphatic heterocycles. The molecule has 78 valence electrons. The van der Waals surface area contributed by atoms with Crippen LogP contribution in [-0.2, 0) is 0 Å². The Balaban J connectivity index is 3.08. The highest BCUT2D eigenvalue weighted by Gasteiger charge is 2.37. The summed E-state index contributed by atoms with van der Waals surface area (Å²) >= 11 is 10.8. The van der Waals surface area contributed by atoms with E-state index in [0.717, 1.165) is 0 Å². The van der Waals surface area contributed by atoms with Crippen LogP contribution >= 0.6 is 43.5 Å². The van der Waals surface area contributed by atoms with Crippen molar-refractivity contribution in [3.63, 3.8) is 0 Å². The molecule has 0 spiro atoms. The molecule has 1 aromatic rings. The van der Waals surface area contributed by atoms with Crippen LogP contribution in [0.5, 0.6) is 0 Å². The molecule has 1 aromatic carbocycles. The fourth-order valence-electron chi connectivity index (χ4n) is 0.900. The Hall–Kier alpha value is 0.290. The molecule has 0 aromatic heterocycles. The lowest BCUT2D eigenvalue weighted by Gasteiger charge is -2.17. The van der Waals surface area contributed by atoms with Gasteiger partial charge >= 0.3 is 4.83 Å². The van der Waals surface area contributed by atoms with E-state index in [1.807, 2.05) is 0 Å². The lowest BCUT2D eigenvalue weighted by Crippen LogP contribution is -2.18. The molecule has 0 saturated heterocycles. The smallest absolute Gasteiger partial charge is 0.330 e. The zero-order chi connectivity index (χ0) is 10.9. The molecule has 14 heavy (non-hydrogen) atoms. The first-order valence-electron chi connectivity index (χ1n) is 3.52. The van der Waals surface area contributed by atoms with Crippen molar-refractivity contribution < 1.29 is 13.9 Å². The molecule has 1 rings (SSSR count). The van der Waals surface area contributed by atoms with Crippen LogP contribution in [-0.4, -0.2) is 9.94 Å². The number of alkyl halides is 3. The zero-order valence-corrected chi connectivity index (χ0v) is 10.6. The van der Waals surface area contributed by atoms with Crippen molar-refractivity contribution in [3.8, 4) is 0 Å². The second-order valence-electron chi connectivity index (χ2n) is 2.61. The van der Waals surface area contributed by atoms with E-state index in [-0.39, 0.29) is 5.56 Å². The van der Waals surface area contributed by atoms with Crippen LogP contribution in [0.2, 0.25) is 5.02 Å². The molecule has 0 aliphatic carbocycles. The van der Waals surface area contributed by atoms with E-state index in [1.165, 1.54) is 18.2 Å². The fourth-order valence-corrected chi connectivity index (χ4v) is 2.05. The Morgan fingerprint density at radius 1 is 1.43 bits per heavy atom. The lowest BCUT2D eigenvalue weighted by atomic mass is 10.1. The van der Waals surface area contributed by atoms with Crippen molar-refractivity contribution in [3.05, 3.63) is 33.3 Å². The minimum atomic E-state index is -3.36. The summed E-state index contributed by atoms with van der Waals surface area (Å²) in [4.78, 5) is -3.36. The third-order valence-corrected chi connectivity index (χ3v) is 2.92. The predicted octanol–water partition coefficient (Wildman–Crippen LogP) is 4.12. The van der Waals surface area contributed by atoms with Crippen molar-refractivity contribution in [1.82, 2.24) is 0 Å².